The van der Waals surface area contributed by atoms with Gasteiger partial charge in [-0.3, -0.25) is 0 Å². The van der Waals surface area contributed by atoms with Crippen molar-refractivity contribution in [2.75, 3.05) is 0 Å². The van der Waals surface area contributed by atoms with Crippen LogP contribution < -0.4 is 0 Å². The first kappa shape index (κ1) is 16.6. The quantitative estimate of drug-likeness (QED) is 0.365. The molecular formula is C24H14N6. The summed E-state index contributed by atoms with van der Waals surface area (Å²) >= 11 is 0. The Morgan fingerprint density at radius 3 is 1.30 bits per heavy atom. The lowest BCUT2D eigenvalue weighted by molar-refractivity contribution is 0.706. The molecule has 1 aliphatic carbocycles. The van der Waals surface area contributed by atoms with Gasteiger partial charge in [0.2, 0.25) is 0 Å². The highest BCUT2D eigenvalue weighted by atomic mass is 15.4. The van der Waals surface area contributed by atoms with Gasteiger partial charge in [0.1, 0.15) is 16.0 Å². The van der Waals surface area contributed by atoms with E-state index >= 15 is 0 Å². The molecule has 4 aromatic carbocycles. The molecule has 0 spiro atoms. The van der Waals surface area contributed by atoms with Crippen molar-refractivity contribution in [1.29, 1.82) is 0 Å². The fourth-order valence-electron chi connectivity index (χ4n) is 4.06. The van der Waals surface area contributed by atoms with E-state index in [4.69, 9.17) is 0 Å². The molecule has 0 radical (unpaired) electrons. The highest BCUT2D eigenvalue weighted by molar-refractivity contribution is 6.25. The number of benzene rings is 4. The predicted molar refractivity (Wildman–Crippen MR) is 114 cm³/mol. The van der Waals surface area contributed by atoms with Crippen LogP contribution >= 0.6 is 0 Å². The summed E-state index contributed by atoms with van der Waals surface area (Å²) in [5.41, 5.74) is 0. The van der Waals surface area contributed by atoms with Crippen molar-refractivity contribution in [2.45, 2.75) is 0 Å². The Morgan fingerprint density at radius 1 is 0.400 bits per heavy atom. The van der Waals surface area contributed by atoms with E-state index in [0.717, 1.165) is 15.9 Å². The normalized spacial score (nSPS) is 11.3. The lowest BCUT2D eigenvalue weighted by atomic mass is 9.95. The Morgan fingerprint density at radius 2 is 0.833 bits per heavy atom. The zero-order chi connectivity index (χ0) is 19.9. The van der Waals surface area contributed by atoms with Crippen molar-refractivity contribution in [2.24, 2.45) is 0 Å². The molecule has 0 amide bonds. The number of nitrogens with zero attached hydrogens (tertiary/aromatic N) is 6. The molecule has 0 bridgehead atoms. The van der Waals surface area contributed by atoms with Crippen LogP contribution in [-0.2, 0) is 0 Å². The number of rotatable bonds is 0. The number of aromatic nitrogens is 6. The smallest absolute Gasteiger partial charge is 0.144 e. The van der Waals surface area contributed by atoms with Gasteiger partial charge in [0.05, 0.1) is 6.20 Å². The minimum Gasteiger partial charge on any atom is -0.158 e. The van der Waals surface area contributed by atoms with Gasteiger partial charge in [0.15, 0.2) is 0 Å². The van der Waals surface area contributed by atoms with Crippen LogP contribution in [0.5, 0.6) is 0 Å². The van der Waals surface area contributed by atoms with Gasteiger partial charge in [0, 0.05) is 5.22 Å². The molecule has 0 atom stereocenters. The standard InChI is InChI=1S/C18H12.C6H2N6/c1-2-8-14-13(7-1)15-9-3-4-11-17(15)18-12-6-5-10-16(14)18;1-2-7-8-4-3(1)5-6(4)10-12-11-9-5/h1-12H;1-2H. The second-order valence-electron chi connectivity index (χ2n) is 7.01. The van der Waals surface area contributed by atoms with Crippen LogP contribution in [0.25, 0.3) is 32.3 Å². The predicted octanol–water partition coefficient (Wildman–Crippen LogP) is 4.09. The molecule has 2 aromatic heterocycles. The SMILES string of the molecule is c1cc2c(nn1)=c1nnnnc1=2.c1ccc2c(c1)c1ccccc1c1ccccc21. The molecule has 6 aromatic rings. The number of hydrogen-bond donors (Lipinski definition) is 0. The lowest BCUT2D eigenvalue weighted by Gasteiger charge is -2.09. The van der Waals surface area contributed by atoms with E-state index in [1.807, 2.05) is 6.07 Å². The minimum atomic E-state index is 0.688. The molecule has 0 aliphatic heterocycles. The maximum atomic E-state index is 3.89. The molecule has 0 fully saturated rings. The van der Waals surface area contributed by atoms with Gasteiger partial charge < -0.3 is 0 Å². The Balaban J connectivity index is 0.000000126. The van der Waals surface area contributed by atoms with E-state index < -0.39 is 0 Å². The fourth-order valence-corrected chi connectivity index (χ4v) is 4.06. The van der Waals surface area contributed by atoms with Crippen LogP contribution in [0.1, 0.15) is 0 Å². The second-order valence-corrected chi connectivity index (χ2v) is 7.01. The van der Waals surface area contributed by atoms with Gasteiger partial charge in [0.25, 0.3) is 0 Å². The molecule has 1 aliphatic rings. The zero-order valence-corrected chi connectivity index (χ0v) is 15.8. The van der Waals surface area contributed by atoms with Gasteiger partial charge in [-0.25, -0.2) is 0 Å². The van der Waals surface area contributed by atoms with Gasteiger partial charge in [-0.2, -0.15) is 5.10 Å². The van der Waals surface area contributed by atoms with Gasteiger partial charge in [-0.05, 0) is 48.8 Å². The molecule has 30 heavy (non-hydrogen) atoms. The third-order valence-corrected chi connectivity index (χ3v) is 5.41. The molecule has 0 saturated heterocycles. The van der Waals surface area contributed by atoms with Crippen molar-refractivity contribution in [3.63, 3.8) is 0 Å². The third-order valence-electron chi connectivity index (χ3n) is 5.41. The molecule has 0 saturated carbocycles. The lowest BCUT2D eigenvalue weighted by Crippen LogP contribution is -2.04. The van der Waals surface area contributed by atoms with Crippen molar-refractivity contribution in [3.8, 4) is 0 Å². The third kappa shape index (κ3) is 2.44. The van der Waals surface area contributed by atoms with Gasteiger partial charge in [-0.1, -0.05) is 72.8 Å². The summed E-state index contributed by atoms with van der Waals surface area (Å²) in [6, 6.07) is 27.8. The maximum Gasteiger partial charge on any atom is 0.144 e. The number of fused-ring (bicyclic) bond motifs is 8. The molecule has 6 nitrogen and oxygen atoms in total. The molecule has 6 heteroatoms. The second kappa shape index (κ2) is 6.63. The summed E-state index contributed by atoms with van der Waals surface area (Å²) in [6.07, 6.45) is 1.61. The first-order valence-corrected chi connectivity index (χ1v) is 9.58. The molecule has 7 rings (SSSR count). The summed E-state index contributed by atoms with van der Waals surface area (Å²) in [5, 5.41) is 33.3. The topological polar surface area (TPSA) is 77.3 Å². The minimum absolute atomic E-state index is 0.688. The summed E-state index contributed by atoms with van der Waals surface area (Å²) in [7, 11) is 0. The van der Waals surface area contributed by atoms with Gasteiger partial charge >= 0.3 is 0 Å². The Kier molecular flexibility index (Phi) is 3.67. The van der Waals surface area contributed by atoms with Crippen LogP contribution in [-0.4, -0.2) is 30.8 Å². The van der Waals surface area contributed by atoms with Crippen molar-refractivity contribution in [3.05, 3.63) is 106 Å². The molecule has 2 heterocycles. The van der Waals surface area contributed by atoms with Crippen LogP contribution in [0.15, 0.2) is 85.1 Å². The monoisotopic (exact) mass is 386 g/mol. The first-order valence-electron chi connectivity index (χ1n) is 9.58. The van der Waals surface area contributed by atoms with E-state index in [1.165, 1.54) is 32.3 Å². The molecule has 0 N–H and O–H groups in total. The highest BCUT2D eigenvalue weighted by Gasteiger charge is 2.07. The van der Waals surface area contributed by atoms with Gasteiger partial charge in [-0.15, -0.1) is 15.3 Å². The van der Waals surface area contributed by atoms with Crippen LogP contribution in [0.4, 0.5) is 0 Å². The first-order chi connectivity index (χ1) is 14.9. The van der Waals surface area contributed by atoms with Crippen LogP contribution in [0.2, 0.25) is 0 Å². The van der Waals surface area contributed by atoms with E-state index in [0.29, 0.717) is 5.35 Å². The zero-order valence-electron chi connectivity index (χ0n) is 15.8. The average Bonchev–Trinajstić information content (AvgIpc) is 2.83. The Bertz CT molecular complexity index is 1410. The van der Waals surface area contributed by atoms with E-state index in [2.05, 4.69) is 104 Å². The summed E-state index contributed by atoms with van der Waals surface area (Å²) in [4.78, 5) is 0. The van der Waals surface area contributed by atoms with E-state index in [-0.39, 0.29) is 0 Å². The summed E-state index contributed by atoms with van der Waals surface area (Å²) < 4.78 is 0. The summed E-state index contributed by atoms with van der Waals surface area (Å²) in [6.45, 7) is 0. The molecular weight excluding hydrogens is 372 g/mol. The van der Waals surface area contributed by atoms with Crippen molar-refractivity contribution in [1.82, 2.24) is 30.8 Å². The number of hydrogen-bond acceptors (Lipinski definition) is 6. The maximum absolute atomic E-state index is 3.89. The highest BCUT2D eigenvalue weighted by Crippen LogP contribution is 2.34. The van der Waals surface area contributed by atoms with Crippen molar-refractivity contribution >= 4 is 32.3 Å². The fraction of sp³-hybridized carbons (Fsp3) is 0. The molecule has 140 valence electrons. The van der Waals surface area contributed by atoms with E-state index in [1.54, 1.807) is 6.20 Å². The van der Waals surface area contributed by atoms with Crippen LogP contribution in [0, 0.1) is 21.3 Å². The average molecular weight is 386 g/mol. The van der Waals surface area contributed by atoms with Crippen molar-refractivity contribution < 1.29 is 0 Å². The summed E-state index contributed by atoms with van der Waals surface area (Å²) in [5.74, 6) is 0. The Hall–Kier alpha value is -4.32. The van der Waals surface area contributed by atoms with Crippen LogP contribution in [0.3, 0.4) is 0 Å². The largest absolute Gasteiger partial charge is 0.158 e. The van der Waals surface area contributed by atoms with E-state index in [9.17, 15) is 0 Å². The Labute approximate surface area is 169 Å². The molecule has 0 unspecified atom stereocenters.